The highest BCUT2D eigenvalue weighted by Crippen LogP contribution is 2.14. The Balaban J connectivity index is 2.99. The van der Waals surface area contributed by atoms with Crippen molar-refractivity contribution in [3.05, 3.63) is 34.9 Å². The lowest BCUT2D eigenvalue weighted by atomic mass is 9.98. The first-order chi connectivity index (χ1) is 7.69. The maximum atomic E-state index is 7.12. The summed E-state index contributed by atoms with van der Waals surface area (Å²) in [4.78, 5) is 4.18. The molecule has 3 N–H and O–H groups in total. The maximum absolute atomic E-state index is 7.12. The lowest BCUT2D eigenvalue weighted by Gasteiger charge is -2.08. The zero-order valence-corrected chi connectivity index (χ0v) is 9.96. The molecule has 1 aromatic rings. The third kappa shape index (κ3) is 3.19. The van der Waals surface area contributed by atoms with Crippen LogP contribution in [0.25, 0.3) is 0 Å². The van der Waals surface area contributed by atoms with Crippen molar-refractivity contribution in [2.24, 2.45) is 10.7 Å². The summed E-state index contributed by atoms with van der Waals surface area (Å²) in [6, 6.07) is 6.32. The molecule has 0 aliphatic rings. The molecule has 3 nitrogen and oxygen atoms in total. The van der Waals surface area contributed by atoms with Gasteiger partial charge in [-0.3, -0.25) is 10.4 Å². The maximum Gasteiger partial charge on any atom is 0.113 e. The minimum atomic E-state index is 0.100. The Bertz CT molecular complexity index is 372. The normalized spacial score (nSPS) is 10.9. The summed E-state index contributed by atoms with van der Waals surface area (Å²) < 4.78 is 0. The van der Waals surface area contributed by atoms with Gasteiger partial charge in [-0.1, -0.05) is 32.0 Å². The van der Waals surface area contributed by atoms with Gasteiger partial charge in [0.15, 0.2) is 0 Å². The summed E-state index contributed by atoms with van der Waals surface area (Å²) in [5.74, 6) is 0.100. The highest BCUT2D eigenvalue weighted by Gasteiger charge is 2.02. The van der Waals surface area contributed by atoms with Crippen LogP contribution in [0, 0.1) is 5.41 Å². The molecule has 0 bridgehead atoms. The highest BCUT2D eigenvalue weighted by atomic mass is 14.8. The van der Waals surface area contributed by atoms with Gasteiger partial charge in [0, 0.05) is 6.21 Å². The molecule has 0 spiro atoms. The van der Waals surface area contributed by atoms with Crippen molar-refractivity contribution in [1.82, 2.24) is 0 Å². The molecule has 0 radical (unpaired) electrons. The van der Waals surface area contributed by atoms with Gasteiger partial charge in [0.1, 0.15) is 5.84 Å². The standard InChI is InChI=1S/C13H19N3/c1-3-10-6-5-7-11(4-2)12(10)8-16-9-13(14)15/h5-8H,3-4,9H2,1-2H3,(H3,14,15). The molecule has 1 rings (SSSR count). The monoisotopic (exact) mass is 217 g/mol. The molecule has 3 heteroatoms. The van der Waals surface area contributed by atoms with Gasteiger partial charge in [-0.05, 0) is 29.5 Å². The highest BCUT2D eigenvalue weighted by molar-refractivity contribution is 5.87. The summed E-state index contributed by atoms with van der Waals surface area (Å²) in [5.41, 5.74) is 9.05. The van der Waals surface area contributed by atoms with Crippen LogP contribution in [0.2, 0.25) is 0 Å². The molecule has 0 saturated carbocycles. The van der Waals surface area contributed by atoms with Crippen LogP contribution >= 0.6 is 0 Å². The average Bonchev–Trinajstić information content (AvgIpc) is 2.28. The summed E-state index contributed by atoms with van der Waals surface area (Å²) >= 11 is 0. The lowest BCUT2D eigenvalue weighted by Crippen LogP contribution is -2.13. The fourth-order valence-electron chi connectivity index (χ4n) is 1.68. The number of benzene rings is 1. The molecule has 0 aliphatic carbocycles. The van der Waals surface area contributed by atoms with E-state index in [1.165, 1.54) is 16.7 Å². The molecular weight excluding hydrogens is 198 g/mol. The lowest BCUT2D eigenvalue weighted by molar-refractivity contribution is 1.08. The zero-order valence-electron chi connectivity index (χ0n) is 9.96. The van der Waals surface area contributed by atoms with Gasteiger partial charge in [-0.2, -0.15) is 0 Å². The van der Waals surface area contributed by atoms with Gasteiger partial charge >= 0.3 is 0 Å². The first-order valence-corrected chi connectivity index (χ1v) is 5.62. The SMILES string of the molecule is CCc1cccc(CC)c1C=NCC(=N)N. The second-order valence-electron chi connectivity index (χ2n) is 3.69. The molecule has 0 saturated heterocycles. The summed E-state index contributed by atoms with van der Waals surface area (Å²) in [6.07, 6.45) is 3.84. The van der Waals surface area contributed by atoms with Gasteiger partial charge in [0.25, 0.3) is 0 Å². The van der Waals surface area contributed by atoms with E-state index in [0.717, 1.165) is 12.8 Å². The largest absolute Gasteiger partial charge is 0.386 e. The van der Waals surface area contributed by atoms with Crippen LogP contribution in [-0.4, -0.2) is 18.6 Å². The Morgan fingerprint density at radius 2 is 1.88 bits per heavy atom. The van der Waals surface area contributed by atoms with E-state index in [9.17, 15) is 0 Å². The number of hydrogen-bond acceptors (Lipinski definition) is 2. The van der Waals surface area contributed by atoms with E-state index in [4.69, 9.17) is 11.1 Å². The predicted molar refractivity (Wildman–Crippen MR) is 69.6 cm³/mol. The molecule has 0 unspecified atom stereocenters. The molecule has 0 fully saturated rings. The molecule has 0 heterocycles. The number of amidine groups is 1. The molecule has 0 aliphatic heterocycles. The quantitative estimate of drug-likeness (QED) is 0.576. The molecule has 1 aromatic carbocycles. The number of hydrogen-bond donors (Lipinski definition) is 2. The Kier molecular flexibility index (Phi) is 4.70. The minimum Gasteiger partial charge on any atom is -0.386 e. The van der Waals surface area contributed by atoms with Crippen molar-refractivity contribution in [3.8, 4) is 0 Å². The van der Waals surface area contributed by atoms with Crippen molar-refractivity contribution >= 4 is 12.1 Å². The van der Waals surface area contributed by atoms with Gasteiger partial charge in [0.2, 0.25) is 0 Å². The molecule has 16 heavy (non-hydrogen) atoms. The van der Waals surface area contributed by atoms with Crippen LogP contribution in [0.5, 0.6) is 0 Å². The molecule has 0 atom stereocenters. The number of aryl methyl sites for hydroxylation is 2. The third-order valence-corrected chi connectivity index (χ3v) is 2.53. The smallest absolute Gasteiger partial charge is 0.113 e. The van der Waals surface area contributed by atoms with E-state index in [-0.39, 0.29) is 12.4 Å². The second kappa shape index (κ2) is 6.05. The third-order valence-electron chi connectivity index (χ3n) is 2.53. The van der Waals surface area contributed by atoms with Crippen molar-refractivity contribution in [1.29, 1.82) is 5.41 Å². The van der Waals surface area contributed by atoms with E-state index < -0.39 is 0 Å². The molecule has 0 aromatic heterocycles. The average molecular weight is 217 g/mol. The molecule has 0 amide bonds. The van der Waals surface area contributed by atoms with Crippen LogP contribution in [0.3, 0.4) is 0 Å². The molecule has 86 valence electrons. The zero-order chi connectivity index (χ0) is 12.0. The predicted octanol–water partition coefficient (Wildman–Crippen LogP) is 2.17. The van der Waals surface area contributed by atoms with Crippen LogP contribution in [0.4, 0.5) is 0 Å². The number of rotatable bonds is 5. The Morgan fingerprint density at radius 1 is 1.31 bits per heavy atom. The summed E-state index contributed by atoms with van der Waals surface area (Å²) in [6.45, 7) is 4.55. The number of nitrogens with two attached hydrogens (primary N) is 1. The Morgan fingerprint density at radius 3 is 2.31 bits per heavy atom. The topological polar surface area (TPSA) is 62.2 Å². The summed E-state index contributed by atoms with van der Waals surface area (Å²) in [5, 5.41) is 7.12. The number of nitrogens with one attached hydrogen (secondary N) is 1. The fraction of sp³-hybridized carbons (Fsp3) is 0.385. The molecular formula is C13H19N3. The van der Waals surface area contributed by atoms with Gasteiger partial charge in [0.05, 0.1) is 6.54 Å². The van der Waals surface area contributed by atoms with E-state index in [0.29, 0.717) is 0 Å². The first kappa shape index (κ1) is 12.4. The van der Waals surface area contributed by atoms with E-state index in [2.05, 4.69) is 37.0 Å². The van der Waals surface area contributed by atoms with E-state index in [1.54, 1.807) is 0 Å². The number of aliphatic imine (C=N–C) groups is 1. The van der Waals surface area contributed by atoms with Crippen LogP contribution < -0.4 is 5.73 Å². The van der Waals surface area contributed by atoms with Gasteiger partial charge in [-0.25, -0.2) is 0 Å². The second-order valence-corrected chi connectivity index (χ2v) is 3.69. The van der Waals surface area contributed by atoms with E-state index in [1.807, 2.05) is 6.21 Å². The van der Waals surface area contributed by atoms with Crippen molar-refractivity contribution in [2.75, 3.05) is 6.54 Å². The Hall–Kier alpha value is -1.64. The van der Waals surface area contributed by atoms with Gasteiger partial charge < -0.3 is 5.73 Å². The van der Waals surface area contributed by atoms with Crippen LogP contribution in [-0.2, 0) is 12.8 Å². The van der Waals surface area contributed by atoms with Crippen molar-refractivity contribution < 1.29 is 0 Å². The minimum absolute atomic E-state index is 0.100. The fourth-order valence-corrected chi connectivity index (χ4v) is 1.68. The van der Waals surface area contributed by atoms with E-state index >= 15 is 0 Å². The van der Waals surface area contributed by atoms with Crippen LogP contribution in [0.15, 0.2) is 23.2 Å². The summed E-state index contributed by atoms with van der Waals surface area (Å²) in [7, 11) is 0. The Labute approximate surface area is 96.9 Å². The number of nitrogens with zero attached hydrogens (tertiary/aromatic N) is 1. The first-order valence-electron chi connectivity index (χ1n) is 5.62. The van der Waals surface area contributed by atoms with Crippen molar-refractivity contribution in [3.63, 3.8) is 0 Å². The van der Waals surface area contributed by atoms with Crippen molar-refractivity contribution in [2.45, 2.75) is 26.7 Å². The van der Waals surface area contributed by atoms with Crippen LogP contribution in [0.1, 0.15) is 30.5 Å². The van der Waals surface area contributed by atoms with Gasteiger partial charge in [-0.15, -0.1) is 0 Å².